The Morgan fingerprint density at radius 3 is 2.24 bits per heavy atom. The molecule has 0 bridgehead atoms. The van der Waals surface area contributed by atoms with Crippen molar-refractivity contribution < 1.29 is 23.5 Å². The minimum absolute atomic E-state index is 0.165. The standard InChI is InChI=1S/C10H11F3N2O2/c11-10(12,13)6-14-9(15-17)8-3-1-7(5-16)2-4-8/h1-4,16-17H,5-6H2,(H,14,15). The second-order valence-electron chi connectivity index (χ2n) is 3.27. The average molecular weight is 248 g/mol. The Morgan fingerprint density at radius 2 is 1.82 bits per heavy atom. The SMILES string of the molecule is OCc1ccc(/C(=N/O)NCC(F)(F)F)cc1. The number of nitrogens with one attached hydrogen (secondary N) is 1. The second kappa shape index (κ2) is 5.53. The molecule has 0 aromatic heterocycles. The van der Waals surface area contributed by atoms with Gasteiger partial charge in [-0.2, -0.15) is 13.2 Å². The van der Waals surface area contributed by atoms with Crippen molar-refractivity contribution in [2.24, 2.45) is 5.16 Å². The lowest BCUT2D eigenvalue weighted by Gasteiger charge is -2.10. The maximum Gasteiger partial charge on any atom is 0.405 e. The van der Waals surface area contributed by atoms with E-state index in [1.165, 1.54) is 24.3 Å². The van der Waals surface area contributed by atoms with Crippen molar-refractivity contribution in [2.45, 2.75) is 12.8 Å². The van der Waals surface area contributed by atoms with E-state index >= 15 is 0 Å². The number of oxime groups is 1. The Kier molecular flexibility index (Phi) is 4.33. The molecule has 0 radical (unpaired) electrons. The molecule has 1 aromatic carbocycles. The predicted molar refractivity (Wildman–Crippen MR) is 54.7 cm³/mol. The third kappa shape index (κ3) is 4.31. The fourth-order valence-corrected chi connectivity index (χ4v) is 1.15. The van der Waals surface area contributed by atoms with Gasteiger partial charge in [0.2, 0.25) is 0 Å². The number of rotatable bonds is 3. The molecule has 0 spiro atoms. The van der Waals surface area contributed by atoms with E-state index in [1.807, 2.05) is 5.32 Å². The van der Waals surface area contributed by atoms with E-state index in [0.717, 1.165) is 0 Å². The number of hydrogen-bond acceptors (Lipinski definition) is 3. The van der Waals surface area contributed by atoms with E-state index in [1.54, 1.807) is 0 Å². The van der Waals surface area contributed by atoms with Crippen LogP contribution < -0.4 is 5.32 Å². The highest BCUT2D eigenvalue weighted by molar-refractivity contribution is 5.98. The minimum Gasteiger partial charge on any atom is -0.409 e. The van der Waals surface area contributed by atoms with Crippen LogP contribution in [0.25, 0.3) is 0 Å². The van der Waals surface area contributed by atoms with Crippen LogP contribution in [0.15, 0.2) is 29.4 Å². The van der Waals surface area contributed by atoms with Gasteiger partial charge in [-0.3, -0.25) is 0 Å². The molecule has 0 heterocycles. The fraction of sp³-hybridized carbons (Fsp3) is 0.300. The maximum atomic E-state index is 12.0. The molecule has 0 aliphatic rings. The summed E-state index contributed by atoms with van der Waals surface area (Å²) in [5, 5.41) is 22.1. The first-order valence-electron chi connectivity index (χ1n) is 4.69. The molecule has 4 nitrogen and oxygen atoms in total. The van der Waals surface area contributed by atoms with Crippen molar-refractivity contribution in [2.75, 3.05) is 6.54 Å². The predicted octanol–water partition coefficient (Wildman–Crippen LogP) is 1.47. The minimum atomic E-state index is -4.39. The highest BCUT2D eigenvalue weighted by Crippen LogP contribution is 2.13. The number of amidine groups is 1. The molecule has 0 unspecified atom stereocenters. The zero-order chi connectivity index (χ0) is 12.9. The lowest BCUT2D eigenvalue weighted by Crippen LogP contribution is -2.34. The maximum absolute atomic E-state index is 12.0. The summed E-state index contributed by atoms with van der Waals surface area (Å²) in [6, 6.07) is 5.94. The van der Waals surface area contributed by atoms with Gasteiger partial charge in [-0.25, -0.2) is 0 Å². The van der Waals surface area contributed by atoms with Gasteiger partial charge in [0.1, 0.15) is 6.54 Å². The molecule has 0 saturated heterocycles. The number of alkyl halides is 3. The Balaban J connectivity index is 2.74. The molecule has 17 heavy (non-hydrogen) atoms. The lowest BCUT2D eigenvalue weighted by molar-refractivity contribution is -0.122. The molecule has 0 saturated carbocycles. The van der Waals surface area contributed by atoms with Crippen LogP contribution in [0.2, 0.25) is 0 Å². The number of hydrogen-bond donors (Lipinski definition) is 3. The van der Waals surface area contributed by atoms with Crippen molar-refractivity contribution in [3.05, 3.63) is 35.4 Å². The van der Waals surface area contributed by atoms with E-state index in [0.29, 0.717) is 11.1 Å². The Morgan fingerprint density at radius 1 is 1.24 bits per heavy atom. The Hall–Kier alpha value is -1.76. The van der Waals surface area contributed by atoms with Gasteiger partial charge in [-0.15, -0.1) is 0 Å². The highest BCUT2D eigenvalue weighted by atomic mass is 19.4. The van der Waals surface area contributed by atoms with Crippen LogP contribution in [0.4, 0.5) is 13.2 Å². The van der Waals surface area contributed by atoms with Crippen molar-refractivity contribution in [1.29, 1.82) is 0 Å². The van der Waals surface area contributed by atoms with Gasteiger partial charge in [-0.05, 0) is 5.56 Å². The van der Waals surface area contributed by atoms with Crippen molar-refractivity contribution in [3.8, 4) is 0 Å². The first-order chi connectivity index (χ1) is 7.96. The van der Waals surface area contributed by atoms with Crippen LogP contribution in [0.1, 0.15) is 11.1 Å². The van der Waals surface area contributed by atoms with Gasteiger partial charge >= 0.3 is 6.18 Å². The van der Waals surface area contributed by atoms with E-state index < -0.39 is 12.7 Å². The molecule has 7 heteroatoms. The van der Waals surface area contributed by atoms with Crippen LogP contribution in [0, 0.1) is 0 Å². The molecule has 94 valence electrons. The van der Waals surface area contributed by atoms with E-state index in [9.17, 15) is 13.2 Å². The van der Waals surface area contributed by atoms with Gasteiger partial charge in [0, 0.05) is 5.56 Å². The normalized spacial score (nSPS) is 12.6. The van der Waals surface area contributed by atoms with E-state index in [4.69, 9.17) is 10.3 Å². The zero-order valence-electron chi connectivity index (χ0n) is 8.70. The quantitative estimate of drug-likeness (QED) is 0.328. The van der Waals surface area contributed by atoms with Gasteiger partial charge < -0.3 is 15.6 Å². The van der Waals surface area contributed by atoms with Crippen molar-refractivity contribution >= 4 is 5.84 Å². The molecule has 0 aliphatic carbocycles. The molecule has 0 atom stereocenters. The number of aliphatic hydroxyl groups excluding tert-OH is 1. The first-order valence-corrected chi connectivity index (χ1v) is 4.69. The van der Waals surface area contributed by atoms with E-state index in [2.05, 4.69) is 5.16 Å². The molecule has 3 N–H and O–H groups in total. The summed E-state index contributed by atoms with van der Waals surface area (Å²) < 4.78 is 35.9. The Labute approximate surface area is 95.4 Å². The molecule has 1 aromatic rings. The number of aliphatic hydroxyl groups is 1. The van der Waals surface area contributed by atoms with Crippen molar-refractivity contribution in [1.82, 2.24) is 5.32 Å². The molecule has 0 amide bonds. The van der Waals surface area contributed by atoms with Crippen LogP contribution in [-0.4, -0.2) is 28.9 Å². The molecule has 0 aliphatic heterocycles. The van der Waals surface area contributed by atoms with Gasteiger partial charge in [-0.1, -0.05) is 29.4 Å². The van der Waals surface area contributed by atoms with Gasteiger partial charge in [0.25, 0.3) is 0 Å². The van der Waals surface area contributed by atoms with Crippen molar-refractivity contribution in [3.63, 3.8) is 0 Å². The zero-order valence-corrected chi connectivity index (χ0v) is 8.70. The first kappa shape index (κ1) is 13.3. The molecular weight excluding hydrogens is 237 g/mol. The Bertz CT molecular complexity index is 388. The van der Waals surface area contributed by atoms with Crippen LogP contribution in [0.5, 0.6) is 0 Å². The third-order valence-electron chi connectivity index (χ3n) is 1.97. The monoisotopic (exact) mass is 248 g/mol. The number of benzene rings is 1. The summed E-state index contributed by atoms with van der Waals surface area (Å²) in [5.41, 5.74) is 0.913. The summed E-state index contributed by atoms with van der Waals surface area (Å²) in [4.78, 5) is 0. The topological polar surface area (TPSA) is 64.9 Å². The molecule has 0 fully saturated rings. The summed E-state index contributed by atoms with van der Waals surface area (Å²) in [6.07, 6.45) is -4.39. The number of halogens is 3. The lowest BCUT2D eigenvalue weighted by atomic mass is 10.1. The third-order valence-corrected chi connectivity index (χ3v) is 1.97. The van der Waals surface area contributed by atoms with Crippen LogP contribution >= 0.6 is 0 Å². The molecular formula is C10H11F3N2O2. The summed E-state index contributed by atoms with van der Waals surface area (Å²) in [7, 11) is 0. The number of nitrogens with zero attached hydrogens (tertiary/aromatic N) is 1. The highest BCUT2D eigenvalue weighted by Gasteiger charge is 2.27. The second-order valence-corrected chi connectivity index (χ2v) is 3.27. The summed E-state index contributed by atoms with van der Waals surface area (Å²) in [5.74, 6) is -0.271. The average Bonchev–Trinajstić information content (AvgIpc) is 2.29. The van der Waals surface area contributed by atoms with Gasteiger partial charge in [0.15, 0.2) is 5.84 Å². The van der Waals surface area contributed by atoms with E-state index in [-0.39, 0.29) is 12.4 Å². The molecule has 1 rings (SSSR count). The van der Waals surface area contributed by atoms with Crippen LogP contribution in [0.3, 0.4) is 0 Å². The summed E-state index contributed by atoms with van der Waals surface area (Å²) in [6.45, 7) is -1.45. The summed E-state index contributed by atoms with van der Waals surface area (Å²) >= 11 is 0. The van der Waals surface area contributed by atoms with Gasteiger partial charge in [0.05, 0.1) is 6.61 Å². The smallest absolute Gasteiger partial charge is 0.405 e. The fourth-order valence-electron chi connectivity index (χ4n) is 1.15. The van der Waals surface area contributed by atoms with Crippen LogP contribution in [-0.2, 0) is 6.61 Å². The largest absolute Gasteiger partial charge is 0.409 e.